The second kappa shape index (κ2) is 7.75. The molecule has 0 bridgehead atoms. The van der Waals surface area contributed by atoms with Crippen molar-refractivity contribution in [1.29, 1.82) is 0 Å². The van der Waals surface area contributed by atoms with E-state index in [0.29, 0.717) is 28.8 Å². The van der Waals surface area contributed by atoms with Crippen LogP contribution in [-0.4, -0.2) is 40.7 Å². The number of hydrogen-bond acceptors (Lipinski definition) is 6. The molecule has 3 amide bonds. The second-order valence-corrected chi connectivity index (χ2v) is 7.64. The van der Waals surface area contributed by atoms with E-state index in [2.05, 4.69) is 10.3 Å². The van der Waals surface area contributed by atoms with Gasteiger partial charge in [-0.3, -0.25) is 19.7 Å². The average Bonchev–Trinajstić information content (AvgIpc) is 3.27. The predicted octanol–water partition coefficient (Wildman–Crippen LogP) is 1.72. The normalized spacial score (nSPS) is 17.3. The number of anilines is 1. The minimum Gasteiger partial charge on any atom is -0.369 e. The molecule has 3 N–H and O–H groups in total. The molecule has 2 aromatic rings. The maximum absolute atomic E-state index is 12.4. The summed E-state index contributed by atoms with van der Waals surface area (Å²) in [6, 6.07) is 3.55. The molecule has 0 spiro atoms. The standard InChI is InChI=1S/C16H18N4O3S2/c17-14(22)10-3-1-5-20(8-10)13(21)7-11-9-25-16(18-11)19-15(23)12-4-2-6-24-12/h2,4,6,9-10H,1,3,5,7-8H2,(H2,17,22)(H,18,19,23). The first-order valence-corrected chi connectivity index (χ1v) is 9.65. The molecule has 1 saturated heterocycles. The first-order valence-electron chi connectivity index (χ1n) is 7.89. The Labute approximate surface area is 152 Å². The molecule has 1 aliphatic rings. The summed E-state index contributed by atoms with van der Waals surface area (Å²) in [5.41, 5.74) is 5.95. The molecule has 3 rings (SSSR count). The molecule has 7 nitrogen and oxygen atoms in total. The Balaban J connectivity index is 1.56. The van der Waals surface area contributed by atoms with Crippen LogP contribution in [0.3, 0.4) is 0 Å². The lowest BCUT2D eigenvalue weighted by molar-refractivity contribution is -0.134. The zero-order valence-corrected chi connectivity index (χ0v) is 15.1. The van der Waals surface area contributed by atoms with Gasteiger partial charge in [-0.2, -0.15) is 0 Å². The molecule has 1 aliphatic heterocycles. The van der Waals surface area contributed by atoms with Crippen LogP contribution >= 0.6 is 22.7 Å². The number of primary amides is 1. The first kappa shape index (κ1) is 17.6. The van der Waals surface area contributed by atoms with Crippen LogP contribution in [0.25, 0.3) is 0 Å². The molecule has 25 heavy (non-hydrogen) atoms. The highest BCUT2D eigenvalue weighted by Gasteiger charge is 2.27. The third-order valence-corrected chi connectivity index (χ3v) is 5.70. The molecule has 2 aromatic heterocycles. The summed E-state index contributed by atoms with van der Waals surface area (Å²) >= 11 is 2.64. The Morgan fingerprint density at radius 2 is 2.20 bits per heavy atom. The van der Waals surface area contributed by atoms with Gasteiger partial charge in [0.25, 0.3) is 5.91 Å². The van der Waals surface area contributed by atoms with Gasteiger partial charge in [-0.05, 0) is 24.3 Å². The number of hydrogen-bond donors (Lipinski definition) is 2. The smallest absolute Gasteiger partial charge is 0.267 e. The van der Waals surface area contributed by atoms with E-state index in [1.807, 2.05) is 11.4 Å². The van der Waals surface area contributed by atoms with Gasteiger partial charge in [-0.1, -0.05) is 6.07 Å². The van der Waals surface area contributed by atoms with Crippen molar-refractivity contribution in [2.24, 2.45) is 11.7 Å². The van der Waals surface area contributed by atoms with Gasteiger partial charge in [0.1, 0.15) is 0 Å². The highest BCUT2D eigenvalue weighted by molar-refractivity contribution is 7.14. The van der Waals surface area contributed by atoms with Crippen LogP contribution in [-0.2, 0) is 16.0 Å². The van der Waals surface area contributed by atoms with E-state index in [1.54, 1.807) is 16.3 Å². The van der Waals surface area contributed by atoms with Crippen LogP contribution in [0.4, 0.5) is 5.13 Å². The van der Waals surface area contributed by atoms with Crippen LogP contribution in [0.2, 0.25) is 0 Å². The Morgan fingerprint density at radius 3 is 2.92 bits per heavy atom. The van der Waals surface area contributed by atoms with Crippen molar-refractivity contribution in [2.45, 2.75) is 19.3 Å². The maximum atomic E-state index is 12.4. The van der Waals surface area contributed by atoms with E-state index >= 15 is 0 Å². The van der Waals surface area contributed by atoms with Gasteiger partial charge in [0.15, 0.2) is 5.13 Å². The second-order valence-electron chi connectivity index (χ2n) is 5.83. The average molecular weight is 378 g/mol. The number of carbonyl (C=O) groups is 3. The zero-order chi connectivity index (χ0) is 17.8. The summed E-state index contributed by atoms with van der Waals surface area (Å²) in [7, 11) is 0. The minimum absolute atomic E-state index is 0.0765. The predicted molar refractivity (Wildman–Crippen MR) is 96.6 cm³/mol. The number of nitrogens with two attached hydrogens (primary N) is 1. The third kappa shape index (κ3) is 4.43. The van der Waals surface area contributed by atoms with Gasteiger partial charge in [0.05, 0.1) is 22.9 Å². The van der Waals surface area contributed by atoms with E-state index in [1.165, 1.54) is 22.7 Å². The number of thiazole rings is 1. The molecular formula is C16H18N4O3S2. The summed E-state index contributed by atoms with van der Waals surface area (Å²) in [4.78, 5) is 42.3. The highest BCUT2D eigenvalue weighted by Crippen LogP contribution is 2.20. The van der Waals surface area contributed by atoms with Gasteiger partial charge in [0.2, 0.25) is 11.8 Å². The number of carbonyl (C=O) groups excluding carboxylic acids is 3. The van der Waals surface area contributed by atoms with E-state index < -0.39 is 0 Å². The molecule has 1 atom stereocenters. The molecule has 1 fully saturated rings. The summed E-state index contributed by atoms with van der Waals surface area (Å²) in [6.07, 6.45) is 1.66. The molecule has 0 radical (unpaired) electrons. The van der Waals surface area contributed by atoms with Gasteiger partial charge in [-0.25, -0.2) is 4.98 Å². The lowest BCUT2D eigenvalue weighted by Crippen LogP contribution is -2.44. The molecule has 0 aliphatic carbocycles. The van der Waals surface area contributed by atoms with Gasteiger partial charge in [-0.15, -0.1) is 22.7 Å². The number of rotatable bonds is 5. The summed E-state index contributed by atoms with van der Waals surface area (Å²) < 4.78 is 0. The Bertz CT molecular complexity index is 772. The minimum atomic E-state index is -0.357. The van der Waals surface area contributed by atoms with E-state index in [4.69, 9.17) is 5.73 Å². The third-order valence-electron chi connectivity index (χ3n) is 4.03. The van der Waals surface area contributed by atoms with Crippen molar-refractivity contribution in [3.05, 3.63) is 33.5 Å². The maximum Gasteiger partial charge on any atom is 0.267 e. The van der Waals surface area contributed by atoms with Crippen molar-refractivity contribution in [2.75, 3.05) is 18.4 Å². The quantitative estimate of drug-likeness (QED) is 0.826. The van der Waals surface area contributed by atoms with Crippen molar-refractivity contribution in [1.82, 2.24) is 9.88 Å². The van der Waals surface area contributed by atoms with Crippen LogP contribution in [0.1, 0.15) is 28.2 Å². The van der Waals surface area contributed by atoms with E-state index in [-0.39, 0.29) is 30.1 Å². The van der Waals surface area contributed by atoms with E-state index in [9.17, 15) is 14.4 Å². The van der Waals surface area contributed by atoms with Crippen LogP contribution in [0.15, 0.2) is 22.9 Å². The van der Waals surface area contributed by atoms with Crippen molar-refractivity contribution >= 4 is 45.5 Å². The van der Waals surface area contributed by atoms with Crippen LogP contribution < -0.4 is 11.1 Å². The number of piperidine rings is 1. The molecule has 132 valence electrons. The zero-order valence-electron chi connectivity index (χ0n) is 13.4. The summed E-state index contributed by atoms with van der Waals surface area (Å²) in [6.45, 7) is 1.01. The van der Waals surface area contributed by atoms with Crippen molar-refractivity contribution in [3.8, 4) is 0 Å². The molecular weight excluding hydrogens is 360 g/mol. The van der Waals surface area contributed by atoms with Crippen LogP contribution in [0.5, 0.6) is 0 Å². The van der Waals surface area contributed by atoms with Gasteiger partial charge >= 0.3 is 0 Å². The Kier molecular flexibility index (Phi) is 5.44. The molecule has 3 heterocycles. The van der Waals surface area contributed by atoms with Gasteiger partial charge in [0, 0.05) is 18.5 Å². The number of nitrogens with zero attached hydrogens (tertiary/aromatic N) is 2. The fraction of sp³-hybridized carbons (Fsp3) is 0.375. The fourth-order valence-electron chi connectivity index (χ4n) is 2.71. The highest BCUT2D eigenvalue weighted by atomic mass is 32.1. The Hall–Kier alpha value is -2.26. The molecule has 0 aromatic carbocycles. The molecule has 9 heteroatoms. The molecule has 0 saturated carbocycles. The van der Waals surface area contributed by atoms with Gasteiger partial charge < -0.3 is 10.6 Å². The number of aromatic nitrogens is 1. The van der Waals surface area contributed by atoms with E-state index in [0.717, 1.165) is 12.8 Å². The number of thiophene rings is 1. The summed E-state index contributed by atoms with van der Waals surface area (Å²) in [5, 5.41) is 6.79. The molecule has 1 unspecified atom stereocenters. The lowest BCUT2D eigenvalue weighted by atomic mass is 9.97. The lowest BCUT2D eigenvalue weighted by Gasteiger charge is -2.31. The van der Waals surface area contributed by atoms with Crippen LogP contribution in [0, 0.1) is 5.92 Å². The van der Waals surface area contributed by atoms with Crippen molar-refractivity contribution < 1.29 is 14.4 Å². The SMILES string of the molecule is NC(=O)C1CCCN(C(=O)Cc2csc(NC(=O)c3cccs3)n2)C1. The first-order chi connectivity index (χ1) is 12.0. The number of amides is 3. The number of nitrogens with one attached hydrogen (secondary N) is 1. The van der Waals surface area contributed by atoms with Crippen molar-refractivity contribution in [3.63, 3.8) is 0 Å². The summed E-state index contributed by atoms with van der Waals surface area (Å²) in [5.74, 6) is -0.909. The number of likely N-dealkylation sites (tertiary alicyclic amines) is 1. The largest absolute Gasteiger partial charge is 0.369 e. The fourth-order valence-corrected chi connectivity index (χ4v) is 4.04. The monoisotopic (exact) mass is 378 g/mol. The Morgan fingerprint density at radius 1 is 1.36 bits per heavy atom. The topological polar surface area (TPSA) is 105 Å².